The van der Waals surface area contributed by atoms with Gasteiger partial charge in [0.05, 0.1) is 5.56 Å². The summed E-state index contributed by atoms with van der Waals surface area (Å²) >= 11 is 5.87. The second-order valence-electron chi connectivity index (χ2n) is 5.72. The van der Waals surface area contributed by atoms with Gasteiger partial charge in [-0.1, -0.05) is 11.6 Å². The molecule has 0 spiro atoms. The van der Waals surface area contributed by atoms with E-state index < -0.39 is 11.7 Å². The normalized spacial score (nSPS) is 29.9. The Morgan fingerprint density at radius 1 is 1.10 bits per heavy atom. The molecule has 2 aliphatic heterocycles. The average Bonchev–Trinajstić information content (AvgIpc) is 2.60. The molecular formula is C14H16ClF3N2. The van der Waals surface area contributed by atoms with Crippen LogP contribution in [0.25, 0.3) is 0 Å². The zero-order valence-electron chi connectivity index (χ0n) is 10.8. The molecule has 2 N–H and O–H groups in total. The Bertz CT molecular complexity index is 504. The lowest BCUT2D eigenvalue weighted by atomic mass is 9.97. The Morgan fingerprint density at radius 3 is 2.25 bits per heavy atom. The van der Waals surface area contributed by atoms with Gasteiger partial charge in [0.1, 0.15) is 0 Å². The van der Waals surface area contributed by atoms with Crippen LogP contribution in [0.4, 0.5) is 18.9 Å². The topological polar surface area (TPSA) is 29.3 Å². The molecule has 1 aromatic carbocycles. The smallest absolute Gasteiger partial charge is 0.365 e. The third-order valence-electron chi connectivity index (χ3n) is 4.28. The highest BCUT2D eigenvalue weighted by atomic mass is 35.5. The minimum atomic E-state index is -4.37. The van der Waals surface area contributed by atoms with E-state index in [1.54, 1.807) is 6.07 Å². The fraction of sp³-hybridized carbons (Fsp3) is 0.571. The first-order chi connectivity index (χ1) is 9.34. The van der Waals surface area contributed by atoms with Gasteiger partial charge in [-0.15, -0.1) is 0 Å². The van der Waals surface area contributed by atoms with E-state index in [-0.39, 0.29) is 23.1 Å². The minimum Gasteiger partial charge on any atom is -0.365 e. The van der Waals surface area contributed by atoms with Crippen LogP contribution in [-0.2, 0) is 6.18 Å². The molecule has 0 aliphatic carbocycles. The minimum absolute atomic E-state index is 0.129. The van der Waals surface area contributed by atoms with Gasteiger partial charge in [0.15, 0.2) is 0 Å². The summed E-state index contributed by atoms with van der Waals surface area (Å²) < 4.78 is 38.7. The highest BCUT2D eigenvalue weighted by Crippen LogP contribution is 2.41. The van der Waals surface area contributed by atoms with Crippen LogP contribution in [-0.4, -0.2) is 18.1 Å². The molecule has 0 aromatic heterocycles. The van der Waals surface area contributed by atoms with Crippen molar-refractivity contribution in [3.05, 3.63) is 28.8 Å². The molecule has 2 atom stereocenters. The standard InChI is InChI=1S/C14H16ClF3N2/c15-9-3-8(14(16,17)18)4-13(5-9)20-11-1-2-12(20)7-10(19)6-11/h3-5,10-12H,1-2,6-7,19H2. The van der Waals surface area contributed by atoms with Gasteiger partial charge in [0, 0.05) is 28.8 Å². The summed E-state index contributed by atoms with van der Waals surface area (Å²) in [7, 11) is 0. The number of anilines is 1. The Kier molecular flexibility index (Phi) is 3.37. The fourth-order valence-corrected chi connectivity index (χ4v) is 3.76. The number of hydrogen-bond acceptors (Lipinski definition) is 2. The summed E-state index contributed by atoms with van der Waals surface area (Å²) in [6, 6.07) is 4.44. The third-order valence-corrected chi connectivity index (χ3v) is 4.50. The second kappa shape index (κ2) is 4.81. The largest absolute Gasteiger partial charge is 0.416 e. The van der Waals surface area contributed by atoms with E-state index >= 15 is 0 Å². The van der Waals surface area contributed by atoms with Gasteiger partial charge in [-0.25, -0.2) is 0 Å². The van der Waals surface area contributed by atoms with Crippen molar-refractivity contribution in [2.24, 2.45) is 5.73 Å². The van der Waals surface area contributed by atoms with Crippen molar-refractivity contribution in [2.75, 3.05) is 4.90 Å². The third kappa shape index (κ3) is 2.49. The van der Waals surface area contributed by atoms with Crippen LogP contribution in [0.3, 0.4) is 0 Å². The maximum Gasteiger partial charge on any atom is 0.416 e. The highest BCUT2D eigenvalue weighted by molar-refractivity contribution is 6.31. The summed E-state index contributed by atoms with van der Waals surface area (Å²) in [5, 5.41) is 0.129. The van der Waals surface area contributed by atoms with E-state index in [4.69, 9.17) is 17.3 Å². The van der Waals surface area contributed by atoms with Crippen LogP contribution >= 0.6 is 11.6 Å². The maximum atomic E-state index is 12.9. The van der Waals surface area contributed by atoms with Gasteiger partial charge >= 0.3 is 6.18 Å². The number of alkyl halides is 3. The van der Waals surface area contributed by atoms with Crippen LogP contribution < -0.4 is 10.6 Å². The molecule has 2 saturated heterocycles. The lowest BCUT2D eigenvalue weighted by Gasteiger charge is -2.39. The number of hydrogen-bond donors (Lipinski definition) is 1. The maximum absolute atomic E-state index is 12.9. The van der Waals surface area contributed by atoms with E-state index in [1.807, 2.05) is 0 Å². The first-order valence-electron chi connectivity index (χ1n) is 6.76. The number of benzene rings is 1. The molecule has 2 bridgehead atoms. The Morgan fingerprint density at radius 2 is 1.70 bits per heavy atom. The average molecular weight is 305 g/mol. The van der Waals surface area contributed by atoms with Crippen molar-refractivity contribution < 1.29 is 13.2 Å². The van der Waals surface area contributed by atoms with Gasteiger partial charge in [-0.3, -0.25) is 0 Å². The zero-order valence-corrected chi connectivity index (χ0v) is 11.6. The SMILES string of the molecule is NC1CC2CCC(C1)N2c1cc(Cl)cc(C(F)(F)F)c1. The van der Waals surface area contributed by atoms with Crippen molar-refractivity contribution in [2.45, 2.75) is 50.0 Å². The summed E-state index contributed by atoms with van der Waals surface area (Å²) in [4.78, 5) is 2.09. The summed E-state index contributed by atoms with van der Waals surface area (Å²) in [6.45, 7) is 0. The van der Waals surface area contributed by atoms with Crippen LogP contribution in [0, 0.1) is 0 Å². The Labute approximate surface area is 120 Å². The predicted octanol–water partition coefficient (Wildman–Crippen LogP) is 3.82. The van der Waals surface area contributed by atoms with Crippen molar-refractivity contribution in [3.63, 3.8) is 0 Å². The van der Waals surface area contributed by atoms with Gasteiger partial charge in [-0.05, 0) is 43.9 Å². The zero-order chi connectivity index (χ0) is 14.5. The summed E-state index contributed by atoms with van der Waals surface area (Å²) in [5.41, 5.74) is 5.88. The molecule has 2 nitrogen and oxygen atoms in total. The van der Waals surface area contributed by atoms with Crippen molar-refractivity contribution in [1.82, 2.24) is 0 Å². The molecular weight excluding hydrogens is 289 g/mol. The fourth-order valence-electron chi connectivity index (χ4n) is 3.53. The van der Waals surface area contributed by atoms with Crippen LogP contribution in [0.15, 0.2) is 18.2 Å². The molecule has 110 valence electrons. The lowest BCUT2D eigenvalue weighted by Crippen LogP contribution is -2.47. The van der Waals surface area contributed by atoms with Crippen LogP contribution in [0.5, 0.6) is 0 Å². The summed E-state index contributed by atoms with van der Waals surface area (Å²) in [5.74, 6) is 0. The highest BCUT2D eigenvalue weighted by Gasteiger charge is 2.40. The monoisotopic (exact) mass is 304 g/mol. The molecule has 0 radical (unpaired) electrons. The molecule has 1 aromatic rings. The Hall–Kier alpha value is -0.940. The van der Waals surface area contributed by atoms with E-state index in [9.17, 15) is 13.2 Å². The molecule has 2 fully saturated rings. The van der Waals surface area contributed by atoms with Gasteiger partial charge in [-0.2, -0.15) is 13.2 Å². The predicted molar refractivity (Wildman–Crippen MR) is 73.0 cm³/mol. The van der Waals surface area contributed by atoms with Crippen molar-refractivity contribution in [1.29, 1.82) is 0 Å². The molecule has 2 aliphatic rings. The summed E-state index contributed by atoms with van der Waals surface area (Å²) in [6.07, 6.45) is -0.710. The number of piperidine rings is 1. The molecule has 0 saturated carbocycles. The first kappa shape index (κ1) is 14.0. The molecule has 6 heteroatoms. The number of fused-ring (bicyclic) bond motifs is 2. The lowest BCUT2D eigenvalue weighted by molar-refractivity contribution is -0.137. The van der Waals surface area contributed by atoms with Crippen molar-refractivity contribution in [3.8, 4) is 0 Å². The first-order valence-corrected chi connectivity index (χ1v) is 7.14. The van der Waals surface area contributed by atoms with E-state index in [2.05, 4.69) is 4.90 Å². The van der Waals surface area contributed by atoms with Gasteiger partial charge in [0.25, 0.3) is 0 Å². The molecule has 0 amide bonds. The van der Waals surface area contributed by atoms with E-state index in [0.717, 1.165) is 31.7 Å². The quantitative estimate of drug-likeness (QED) is 0.854. The number of nitrogens with two attached hydrogens (primary N) is 1. The molecule has 2 heterocycles. The van der Waals surface area contributed by atoms with Gasteiger partial charge in [0.2, 0.25) is 0 Å². The Balaban J connectivity index is 1.97. The molecule has 3 rings (SSSR count). The van der Waals surface area contributed by atoms with Crippen molar-refractivity contribution >= 4 is 17.3 Å². The van der Waals surface area contributed by atoms with Crippen LogP contribution in [0.1, 0.15) is 31.2 Å². The number of nitrogens with zero attached hydrogens (tertiary/aromatic N) is 1. The van der Waals surface area contributed by atoms with E-state index in [0.29, 0.717) is 5.69 Å². The van der Waals surface area contributed by atoms with E-state index in [1.165, 1.54) is 6.07 Å². The number of rotatable bonds is 1. The molecule has 2 unspecified atom stereocenters. The van der Waals surface area contributed by atoms with Crippen LogP contribution in [0.2, 0.25) is 5.02 Å². The second-order valence-corrected chi connectivity index (χ2v) is 6.16. The van der Waals surface area contributed by atoms with Gasteiger partial charge < -0.3 is 10.6 Å². The molecule has 20 heavy (non-hydrogen) atoms. The number of halogens is 4.